The van der Waals surface area contributed by atoms with E-state index in [-0.39, 0.29) is 7.43 Å². The lowest BCUT2D eigenvalue weighted by Crippen LogP contribution is -2.45. The molecule has 0 bridgehead atoms. The highest BCUT2D eigenvalue weighted by Crippen LogP contribution is 2.66. The van der Waals surface area contributed by atoms with Crippen LogP contribution >= 0.6 is 0 Å². The van der Waals surface area contributed by atoms with Crippen LogP contribution in [-0.2, 0) is 25.9 Å². The van der Waals surface area contributed by atoms with E-state index in [2.05, 4.69) is 114 Å². The van der Waals surface area contributed by atoms with Gasteiger partial charge in [-0.25, -0.2) is 0 Å². The predicted octanol–water partition coefficient (Wildman–Crippen LogP) is 15.5. The number of benzene rings is 4. The molecule has 6 aliphatic carbocycles. The molecule has 75 heavy (non-hydrogen) atoms. The summed E-state index contributed by atoms with van der Waals surface area (Å²) in [6.45, 7) is 26.5. The van der Waals surface area contributed by atoms with Gasteiger partial charge in [-0.05, 0) is 255 Å². The number of hydrogen-bond acceptors (Lipinski definition) is 8. The highest BCUT2D eigenvalue weighted by Gasteiger charge is 2.57. The maximum atomic E-state index is 10.0. The zero-order valence-electron chi connectivity index (χ0n) is 47.3. The van der Waals surface area contributed by atoms with Crippen molar-refractivity contribution < 1.29 is 29.2 Å². The van der Waals surface area contributed by atoms with Gasteiger partial charge in [-0.15, -0.1) is 0 Å². The highest BCUT2D eigenvalue weighted by atomic mass is 16.5. The highest BCUT2D eigenvalue weighted by molar-refractivity contribution is 5.45. The predicted molar refractivity (Wildman–Crippen MR) is 308 cm³/mol. The fourth-order valence-corrected chi connectivity index (χ4v) is 17.0. The summed E-state index contributed by atoms with van der Waals surface area (Å²) < 4.78 is 24.1. The van der Waals surface area contributed by atoms with Crippen LogP contribution in [0.25, 0.3) is 0 Å². The van der Waals surface area contributed by atoms with Gasteiger partial charge in [-0.1, -0.05) is 87.1 Å². The molecule has 12 atom stereocenters. The van der Waals surface area contributed by atoms with Gasteiger partial charge in [0, 0.05) is 13.1 Å². The second kappa shape index (κ2) is 24.5. The number of phenolic OH excluding ortho intramolecular Hbond substituents is 2. The summed E-state index contributed by atoms with van der Waals surface area (Å²) in [6.07, 6.45) is 15.0. The Labute approximate surface area is 454 Å². The summed E-state index contributed by atoms with van der Waals surface area (Å²) in [7, 11) is 3.49. The minimum absolute atomic E-state index is 0. The van der Waals surface area contributed by atoms with E-state index in [1.165, 1.54) is 84.7 Å². The van der Waals surface area contributed by atoms with E-state index >= 15 is 0 Å². The smallest absolute Gasteiger partial charge is 0.161 e. The number of aromatic hydroxyl groups is 2. The molecule has 4 saturated carbocycles. The third-order valence-corrected chi connectivity index (χ3v) is 21.0. The Morgan fingerprint density at radius 1 is 0.520 bits per heavy atom. The molecule has 0 aliphatic heterocycles. The molecule has 412 valence electrons. The lowest BCUT2D eigenvalue weighted by molar-refractivity contribution is 0.000862. The quantitative estimate of drug-likeness (QED) is 0.102. The van der Waals surface area contributed by atoms with Gasteiger partial charge < -0.3 is 29.2 Å². The first-order chi connectivity index (χ1) is 35.7. The topological polar surface area (TPSA) is 83.9 Å². The van der Waals surface area contributed by atoms with Crippen LogP contribution in [-0.4, -0.2) is 73.6 Å². The molecule has 8 heteroatoms. The van der Waals surface area contributed by atoms with Crippen LogP contribution in [0.2, 0.25) is 0 Å². The van der Waals surface area contributed by atoms with Gasteiger partial charge in [0.1, 0.15) is 11.5 Å². The van der Waals surface area contributed by atoms with Crippen LogP contribution in [0, 0.1) is 58.2 Å². The second-order valence-corrected chi connectivity index (χ2v) is 24.5. The van der Waals surface area contributed by atoms with Crippen molar-refractivity contribution in [2.45, 2.75) is 165 Å². The number of hydrogen-bond donors (Lipinski definition) is 2. The molecule has 8 nitrogen and oxygen atoms in total. The average molecular weight is 1030 g/mol. The molecule has 8 unspecified atom stereocenters. The molecule has 0 radical (unpaired) electrons. The average Bonchev–Trinajstić information content (AvgIpc) is 3.93. The Morgan fingerprint density at radius 2 is 0.920 bits per heavy atom. The van der Waals surface area contributed by atoms with Crippen molar-refractivity contribution in [3.8, 4) is 34.5 Å². The minimum Gasteiger partial charge on any atom is -0.508 e. The van der Waals surface area contributed by atoms with Crippen molar-refractivity contribution in [1.82, 2.24) is 9.80 Å². The summed E-state index contributed by atoms with van der Waals surface area (Å²) in [4.78, 5) is 4.83. The Hall–Kier alpha value is -4.40. The Balaban J connectivity index is 0.000000197. The zero-order valence-corrected chi connectivity index (χ0v) is 47.3. The normalized spacial score (nSPS) is 30.1. The van der Waals surface area contributed by atoms with Gasteiger partial charge in [0.15, 0.2) is 23.0 Å². The zero-order chi connectivity index (χ0) is 52.3. The summed E-state index contributed by atoms with van der Waals surface area (Å²) >= 11 is 0. The first kappa shape index (κ1) is 56.8. The molecule has 4 fully saturated rings. The summed E-state index contributed by atoms with van der Waals surface area (Å²) in [5.74, 6) is 11.5. The van der Waals surface area contributed by atoms with Gasteiger partial charge in [0.2, 0.25) is 0 Å². The molecule has 0 heterocycles. The van der Waals surface area contributed by atoms with Crippen molar-refractivity contribution in [2.75, 3.05) is 53.6 Å². The Bertz CT molecular complexity index is 2330. The molecule has 4 aromatic rings. The monoisotopic (exact) mass is 1030 g/mol. The van der Waals surface area contributed by atoms with Crippen molar-refractivity contribution >= 4 is 0 Å². The van der Waals surface area contributed by atoms with Crippen molar-refractivity contribution in [1.29, 1.82) is 0 Å². The summed E-state index contributed by atoms with van der Waals surface area (Å²) in [5.41, 5.74) is 9.17. The molecule has 0 saturated heterocycles. The van der Waals surface area contributed by atoms with Crippen molar-refractivity contribution in [3.63, 3.8) is 0 Å². The van der Waals surface area contributed by atoms with E-state index in [1.54, 1.807) is 14.2 Å². The number of methoxy groups -OCH3 is 2. The summed E-state index contributed by atoms with van der Waals surface area (Å²) in [5, 5.41) is 20.1. The molecule has 0 aromatic heterocycles. The standard InChI is InChI=1S/2C33H47NO3.CH4/c2*1-6-34(7-2)21-23-8-13-30(31(19-23)36-5)37-17-15-25-9-12-29-32-22(3)18-24-20-26(35)10-11-27(24)28(32)14-16-33(25,29)4;/h2*8,10-11,13,19-20,22,25,28-29,32,35H,6-7,9,12,14-18,21H2,1-5H3;1H4/t2*22-,25-,28?,29?,32?,33?;/m11./s1. The molecule has 4 aromatic carbocycles. The Kier molecular flexibility index (Phi) is 18.6. The molecule has 6 aliphatic rings. The molecule has 0 amide bonds. The van der Waals surface area contributed by atoms with E-state index in [0.29, 0.717) is 46.0 Å². The molecule has 0 spiro atoms. The minimum atomic E-state index is 0. The number of fused-ring (bicyclic) bond motifs is 10. The Morgan fingerprint density at radius 3 is 1.29 bits per heavy atom. The van der Waals surface area contributed by atoms with E-state index < -0.39 is 0 Å². The van der Waals surface area contributed by atoms with Gasteiger partial charge in [-0.3, -0.25) is 9.80 Å². The van der Waals surface area contributed by atoms with E-state index in [0.717, 1.165) is 137 Å². The summed E-state index contributed by atoms with van der Waals surface area (Å²) in [6, 6.07) is 25.1. The number of phenols is 2. The first-order valence-electron chi connectivity index (χ1n) is 29.4. The SMILES string of the molecule is C.CCN(CC)Cc1ccc(OCC[C@H]2CCC3C4C(CCC32C)c2ccc(O)cc2C[C@H]4C)c(OC)c1.CCN(CC)Cc1ccc(OCC[C@H]2CCC3C4C(CCC32C)c2ccc(O)cc2C[C@H]4C)c(OC)c1. The van der Waals surface area contributed by atoms with Gasteiger partial charge in [0.25, 0.3) is 0 Å². The first-order valence-corrected chi connectivity index (χ1v) is 29.4. The van der Waals surface area contributed by atoms with Crippen molar-refractivity contribution in [3.05, 3.63) is 106 Å². The van der Waals surface area contributed by atoms with Crippen LogP contribution < -0.4 is 18.9 Å². The number of ether oxygens (including phenoxy) is 4. The number of rotatable bonds is 18. The van der Waals surface area contributed by atoms with E-state index in [4.69, 9.17) is 18.9 Å². The van der Waals surface area contributed by atoms with Crippen LogP contribution in [0.5, 0.6) is 34.5 Å². The lowest BCUT2D eigenvalue weighted by Gasteiger charge is -2.53. The molecule has 10 rings (SSSR count). The maximum absolute atomic E-state index is 10.0. The fourth-order valence-electron chi connectivity index (χ4n) is 17.0. The van der Waals surface area contributed by atoms with Crippen LogP contribution in [0.15, 0.2) is 72.8 Å². The van der Waals surface area contributed by atoms with Crippen molar-refractivity contribution in [2.24, 2.45) is 58.2 Å². The molecular formula is C67H98N2O6. The van der Waals surface area contributed by atoms with E-state index in [9.17, 15) is 10.2 Å². The second-order valence-electron chi connectivity index (χ2n) is 24.5. The molecular weight excluding hydrogens is 929 g/mol. The third-order valence-electron chi connectivity index (χ3n) is 21.0. The van der Waals surface area contributed by atoms with E-state index in [1.807, 2.05) is 24.3 Å². The fraction of sp³-hybridized carbons (Fsp3) is 0.642. The largest absolute Gasteiger partial charge is 0.508 e. The molecule has 2 N–H and O–H groups in total. The van der Waals surface area contributed by atoms with Crippen LogP contribution in [0.3, 0.4) is 0 Å². The maximum Gasteiger partial charge on any atom is 0.161 e. The van der Waals surface area contributed by atoms with Crippen LogP contribution in [0.4, 0.5) is 0 Å². The van der Waals surface area contributed by atoms with Gasteiger partial charge >= 0.3 is 0 Å². The van der Waals surface area contributed by atoms with Gasteiger partial charge in [0.05, 0.1) is 27.4 Å². The van der Waals surface area contributed by atoms with Gasteiger partial charge in [-0.2, -0.15) is 0 Å². The third kappa shape index (κ3) is 11.6. The van der Waals surface area contributed by atoms with Crippen LogP contribution in [0.1, 0.15) is 172 Å². The number of nitrogens with zero attached hydrogens (tertiary/aromatic N) is 2. The lowest BCUT2D eigenvalue weighted by atomic mass is 9.51.